The standard InChI is InChI=1S/C16H17N3/c1-2-16(8-5-9-16)19-15-13(11-17)10-12-6-3-4-7-14(12)18-15/h3-4,6-7,10H,2,5,8-9H2,1H3,(H,18,19). The zero-order chi connectivity index (χ0) is 13.3. The number of nitrogens with one attached hydrogen (secondary N) is 1. The van der Waals surface area contributed by atoms with Crippen LogP contribution in [0.2, 0.25) is 0 Å². The second-order valence-corrected chi connectivity index (χ2v) is 5.30. The van der Waals surface area contributed by atoms with Crippen LogP contribution in [0.1, 0.15) is 38.2 Å². The zero-order valence-corrected chi connectivity index (χ0v) is 11.1. The van der Waals surface area contributed by atoms with Crippen molar-refractivity contribution in [3.05, 3.63) is 35.9 Å². The van der Waals surface area contributed by atoms with Gasteiger partial charge in [-0.2, -0.15) is 5.26 Å². The molecule has 19 heavy (non-hydrogen) atoms. The summed E-state index contributed by atoms with van der Waals surface area (Å²) in [6, 6.07) is 12.1. The van der Waals surface area contributed by atoms with Gasteiger partial charge in [0.1, 0.15) is 11.9 Å². The van der Waals surface area contributed by atoms with E-state index in [0.29, 0.717) is 5.56 Å². The Morgan fingerprint density at radius 1 is 1.37 bits per heavy atom. The summed E-state index contributed by atoms with van der Waals surface area (Å²) in [5, 5.41) is 13.8. The Morgan fingerprint density at radius 2 is 2.16 bits per heavy atom. The summed E-state index contributed by atoms with van der Waals surface area (Å²) in [5.41, 5.74) is 1.73. The maximum Gasteiger partial charge on any atom is 0.145 e. The predicted molar refractivity (Wildman–Crippen MR) is 77.0 cm³/mol. The Labute approximate surface area is 113 Å². The van der Waals surface area contributed by atoms with Crippen LogP contribution in [0.3, 0.4) is 0 Å². The number of aromatic nitrogens is 1. The molecule has 0 aliphatic heterocycles. The number of anilines is 1. The van der Waals surface area contributed by atoms with Gasteiger partial charge in [0, 0.05) is 10.9 Å². The van der Waals surface area contributed by atoms with Gasteiger partial charge in [-0.05, 0) is 37.8 Å². The first kappa shape index (κ1) is 12.0. The zero-order valence-electron chi connectivity index (χ0n) is 11.1. The van der Waals surface area contributed by atoms with Gasteiger partial charge in [0.15, 0.2) is 0 Å². The van der Waals surface area contributed by atoms with E-state index >= 15 is 0 Å². The molecule has 0 saturated heterocycles. The lowest BCUT2D eigenvalue weighted by molar-refractivity contribution is 0.269. The summed E-state index contributed by atoms with van der Waals surface area (Å²) >= 11 is 0. The molecule has 0 radical (unpaired) electrons. The first-order valence-corrected chi connectivity index (χ1v) is 6.84. The van der Waals surface area contributed by atoms with Gasteiger partial charge in [0.05, 0.1) is 11.1 Å². The molecule has 96 valence electrons. The van der Waals surface area contributed by atoms with E-state index < -0.39 is 0 Å². The van der Waals surface area contributed by atoms with Gasteiger partial charge in [0.25, 0.3) is 0 Å². The van der Waals surface area contributed by atoms with Gasteiger partial charge < -0.3 is 5.32 Å². The number of hydrogen-bond acceptors (Lipinski definition) is 3. The molecule has 1 heterocycles. The molecule has 3 heteroatoms. The SMILES string of the molecule is CCC1(Nc2nc3ccccc3cc2C#N)CCC1. The van der Waals surface area contributed by atoms with Crippen LogP contribution < -0.4 is 5.32 Å². The van der Waals surface area contributed by atoms with Crippen molar-refractivity contribution < 1.29 is 0 Å². The molecular weight excluding hydrogens is 234 g/mol. The minimum Gasteiger partial charge on any atom is -0.364 e. The Morgan fingerprint density at radius 3 is 2.79 bits per heavy atom. The summed E-state index contributed by atoms with van der Waals surface area (Å²) in [7, 11) is 0. The molecular formula is C16H17N3. The summed E-state index contributed by atoms with van der Waals surface area (Å²) in [4.78, 5) is 4.63. The van der Waals surface area contributed by atoms with E-state index in [1.165, 1.54) is 19.3 Å². The van der Waals surface area contributed by atoms with Gasteiger partial charge in [-0.15, -0.1) is 0 Å². The van der Waals surface area contributed by atoms with Crippen molar-refractivity contribution in [2.75, 3.05) is 5.32 Å². The molecule has 1 saturated carbocycles. The Kier molecular flexibility index (Phi) is 2.87. The topological polar surface area (TPSA) is 48.7 Å². The van der Waals surface area contributed by atoms with Gasteiger partial charge in [-0.3, -0.25) is 0 Å². The highest BCUT2D eigenvalue weighted by molar-refractivity contribution is 5.82. The molecule has 0 atom stereocenters. The third kappa shape index (κ3) is 2.04. The molecule has 1 aromatic heterocycles. The van der Waals surface area contributed by atoms with Crippen molar-refractivity contribution in [3.8, 4) is 6.07 Å². The molecule has 3 rings (SSSR count). The predicted octanol–water partition coefficient (Wildman–Crippen LogP) is 3.85. The van der Waals surface area contributed by atoms with Crippen molar-refractivity contribution in [2.24, 2.45) is 0 Å². The molecule has 2 aromatic rings. The normalized spacial score (nSPS) is 16.6. The molecule has 1 aliphatic rings. The second-order valence-electron chi connectivity index (χ2n) is 5.30. The number of rotatable bonds is 3. The van der Waals surface area contributed by atoms with E-state index in [0.717, 1.165) is 23.1 Å². The van der Waals surface area contributed by atoms with Crippen LogP contribution in [0.5, 0.6) is 0 Å². The first-order valence-electron chi connectivity index (χ1n) is 6.84. The highest BCUT2D eigenvalue weighted by Crippen LogP contribution is 2.38. The molecule has 1 aliphatic carbocycles. The highest BCUT2D eigenvalue weighted by atomic mass is 15.1. The maximum absolute atomic E-state index is 9.31. The van der Waals surface area contributed by atoms with Gasteiger partial charge in [0.2, 0.25) is 0 Å². The van der Waals surface area contributed by atoms with Crippen molar-refractivity contribution >= 4 is 16.7 Å². The van der Waals surface area contributed by atoms with E-state index in [1.807, 2.05) is 30.3 Å². The Balaban J connectivity index is 2.04. The maximum atomic E-state index is 9.31. The number of nitrogens with zero attached hydrogens (tertiary/aromatic N) is 2. The number of nitriles is 1. The van der Waals surface area contributed by atoms with E-state index in [1.54, 1.807) is 0 Å². The van der Waals surface area contributed by atoms with Crippen LogP contribution in [-0.4, -0.2) is 10.5 Å². The summed E-state index contributed by atoms with van der Waals surface area (Å²) in [6.45, 7) is 2.19. The Bertz CT molecular complexity index is 645. The number of fused-ring (bicyclic) bond motifs is 1. The van der Waals surface area contributed by atoms with Crippen molar-refractivity contribution in [2.45, 2.75) is 38.1 Å². The molecule has 1 N–H and O–H groups in total. The van der Waals surface area contributed by atoms with E-state index in [-0.39, 0.29) is 5.54 Å². The number of benzene rings is 1. The number of hydrogen-bond donors (Lipinski definition) is 1. The van der Waals surface area contributed by atoms with Crippen LogP contribution >= 0.6 is 0 Å². The van der Waals surface area contributed by atoms with E-state index in [4.69, 9.17) is 0 Å². The lowest BCUT2D eigenvalue weighted by Gasteiger charge is -2.42. The fourth-order valence-corrected chi connectivity index (χ4v) is 2.72. The average Bonchev–Trinajstić information content (AvgIpc) is 2.42. The molecule has 0 spiro atoms. The molecule has 1 aromatic carbocycles. The van der Waals surface area contributed by atoms with Crippen LogP contribution in [0, 0.1) is 11.3 Å². The van der Waals surface area contributed by atoms with Gasteiger partial charge >= 0.3 is 0 Å². The van der Waals surface area contributed by atoms with Gasteiger partial charge in [-0.1, -0.05) is 25.1 Å². The summed E-state index contributed by atoms with van der Waals surface area (Å²) < 4.78 is 0. The monoisotopic (exact) mass is 251 g/mol. The Hall–Kier alpha value is -2.08. The third-order valence-corrected chi connectivity index (χ3v) is 4.22. The molecule has 0 amide bonds. The van der Waals surface area contributed by atoms with Crippen LogP contribution in [0.15, 0.2) is 30.3 Å². The van der Waals surface area contributed by atoms with Crippen LogP contribution in [0.4, 0.5) is 5.82 Å². The highest BCUT2D eigenvalue weighted by Gasteiger charge is 2.35. The third-order valence-electron chi connectivity index (χ3n) is 4.22. The molecule has 3 nitrogen and oxygen atoms in total. The minimum atomic E-state index is 0.154. The smallest absolute Gasteiger partial charge is 0.145 e. The van der Waals surface area contributed by atoms with E-state index in [9.17, 15) is 5.26 Å². The molecule has 0 bridgehead atoms. The average molecular weight is 251 g/mol. The largest absolute Gasteiger partial charge is 0.364 e. The van der Waals surface area contributed by atoms with E-state index in [2.05, 4.69) is 23.3 Å². The quantitative estimate of drug-likeness (QED) is 0.901. The number of pyridine rings is 1. The lowest BCUT2D eigenvalue weighted by atomic mass is 9.75. The van der Waals surface area contributed by atoms with Crippen molar-refractivity contribution in [3.63, 3.8) is 0 Å². The molecule has 0 unspecified atom stereocenters. The fourth-order valence-electron chi connectivity index (χ4n) is 2.72. The summed E-state index contributed by atoms with van der Waals surface area (Å²) in [5.74, 6) is 0.739. The van der Waals surface area contributed by atoms with Crippen LogP contribution in [-0.2, 0) is 0 Å². The van der Waals surface area contributed by atoms with Crippen LogP contribution in [0.25, 0.3) is 10.9 Å². The minimum absolute atomic E-state index is 0.154. The summed E-state index contributed by atoms with van der Waals surface area (Å²) in [6.07, 6.45) is 4.68. The lowest BCUT2D eigenvalue weighted by Crippen LogP contribution is -2.44. The fraction of sp³-hybridized carbons (Fsp3) is 0.375. The number of para-hydroxylation sites is 1. The molecule has 1 fully saturated rings. The van der Waals surface area contributed by atoms with Crippen molar-refractivity contribution in [1.82, 2.24) is 4.98 Å². The first-order chi connectivity index (χ1) is 9.26. The second kappa shape index (κ2) is 4.55. The van der Waals surface area contributed by atoms with Gasteiger partial charge in [-0.25, -0.2) is 4.98 Å². The van der Waals surface area contributed by atoms with Crippen molar-refractivity contribution in [1.29, 1.82) is 5.26 Å².